The molecule has 0 aliphatic heterocycles. The number of nitrogens with one attached hydrogen (secondary N) is 1. The van der Waals surface area contributed by atoms with Crippen LogP contribution >= 0.6 is 11.3 Å². The van der Waals surface area contributed by atoms with Gasteiger partial charge >= 0.3 is 0 Å². The molecule has 1 unspecified atom stereocenters. The Morgan fingerprint density at radius 1 is 1.32 bits per heavy atom. The Labute approximate surface area is 133 Å². The summed E-state index contributed by atoms with van der Waals surface area (Å²) in [5, 5.41) is 1.23. The van der Waals surface area contributed by atoms with Crippen molar-refractivity contribution in [3.8, 4) is 5.75 Å². The van der Waals surface area contributed by atoms with Gasteiger partial charge in [0.1, 0.15) is 11.0 Å². The average molecular weight is 342 g/mol. The minimum Gasteiger partial charge on any atom is -0.497 e. The van der Waals surface area contributed by atoms with Crippen molar-refractivity contribution in [2.24, 2.45) is 0 Å². The Balaban J connectivity index is 2.22. The number of ether oxygens (including phenoxy) is 1. The topological polar surface area (TPSA) is 85.4 Å². The van der Waals surface area contributed by atoms with Gasteiger partial charge in [0.25, 0.3) is 0 Å². The van der Waals surface area contributed by atoms with Crippen molar-refractivity contribution in [3.63, 3.8) is 0 Å². The summed E-state index contributed by atoms with van der Waals surface area (Å²) >= 11 is 1.27. The molecule has 1 aromatic carbocycles. The molecule has 0 saturated carbocycles. The lowest BCUT2D eigenvalue weighted by atomic mass is 10.3. The Hall–Kier alpha value is -1.67. The van der Waals surface area contributed by atoms with Crippen LogP contribution < -0.4 is 10.1 Å². The molecule has 0 aliphatic carbocycles. The normalized spacial score (nSPS) is 13.3. The number of amides is 1. The van der Waals surface area contributed by atoms with Gasteiger partial charge in [0.15, 0.2) is 15.0 Å². The molecule has 1 heterocycles. The summed E-state index contributed by atoms with van der Waals surface area (Å²) in [5.41, 5.74) is 0.723. The van der Waals surface area contributed by atoms with Gasteiger partial charge < -0.3 is 10.1 Å². The third-order valence-electron chi connectivity index (χ3n) is 3.34. The number of aromatic nitrogens is 1. The van der Waals surface area contributed by atoms with E-state index in [1.54, 1.807) is 33.1 Å². The minimum absolute atomic E-state index is 0.374. The van der Waals surface area contributed by atoms with Crippen molar-refractivity contribution in [1.29, 1.82) is 0 Å². The fourth-order valence-electron chi connectivity index (χ4n) is 1.85. The van der Waals surface area contributed by atoms with Gasteiger partial charge in [-0.1, -0.05) is 11.3 Å². The molecule has 0 fully saturated rings. The molecule has 0 spiro atoms. The summed E-state index contributed by atoms with van der Waals surface area (Å²) in [6.45, 7) is 4.51. The molecule has 0 bridgehead atoms. The number of thiazole rings is 1. The van der Waals surface area contributed by atoms with Gasteiger partial charge in [-0.05, 0) is 39.0 Å². The molecule has 1 amide bonds. The maximum Gasteiger partial charge on any atom is 0.244 e. The molecular formula is C14H18N2O4S2. The molecule has 1 aromatic heterocycles. The number of carbonyl (C=O) groups is 1. The van der Waals surface area contributed by atoms with Crippen LogP contribution in [0.1, 0.15) is 20.8 Å². The van der Waals surface area contributed by atoms with E-state index >= 15 is 0 Å². The van der Waals surface area contributed by atoms with Gasteiger partial charge in [0.05, 0.1) is 22.6 Å². The highest BCUT2D eigenvalue weighted by Crippen LogP contribution is 2.29. The number of carbonyl (C=O) groups excluding carboxylic acids is 1. The van der Waals surface area contributed by atoms with Crippen LogP contribution in [-0.4, -0.2) is 36.9 Å². The van der Waals surface area contributed by atoms with Crippen LogP contribution in [0.5, 0.6) is 5.75 Å². The highest BCUT2D eigenvalue weighted by molar-refractivity contribution is 7.93. The van der Waals surface area contributed by atoms with E-state index in [0.29, 0.717) is 10.9 Å². The standard InChI is InChI=1S/C14H18N2O4S2/c1-8(2)22(18,19)9(3)13(17)16-14-15-11-6-5-10(20-4)7-12(11)21-14/h5-9H,1-4H3,(H,15,16,17). The predicted octanol–water partition coefficient (Wildman–Crippen LogP) is 2.46. The largest absolute Gasteiger partial charge is 0.497 e. The van der Waals surface area contributed by atoms with Crippen molar-refractivity contribution < 1.29 is 17.9 Å². The second-order valence-electron chi connectivity index (χ2n) is 5.12. The summed E-state index contributed by atoms with van der Waals surface area (Å²) in [5.74, 6) is 0.129. The van der Waals surface area contributed by atoms with Crippen molar-refractivity contribution >= 4 is 42.4 Å². The van der Waals surface area contributed by atoms with Crippen molar-refractivity contribution in [1.82, 2.24) is 4.98 Å². The number of fused-ring (bicyclic) bond motifs is 1. The van der Waals surface area contributed by atoms with Crippen LogP contribution in [0.3, 0.4) is 0 Å². The molecule has 2 aromatic rings. The SMILES string of the molecule is COc1ccc2nc(NC(=O)C(C)S(=O)(=O)C(C)C)sc2c1. The fourth-order valence-corrected chi connectivity index (χ4v) is 3.92. The maximum absolute atomic E-state index is 12.1. The van der Waals surface area contributed by atoms with Gasteiger partial charge in [-0.25, -0.2) is 13.4 Å². The third-order valence-corrected chi connectivity index (χ3v) is 6.79. The van der Waals surface area contributed by atoms with Gasteiger partial charge in [-0.15, -0.1) is 0 Å². The quantitative estimate of drug-likeness (QED) is 0.902. The van der Waals surface area contributed by atoms with Crippen LogP contribution in [0, 0.1) is 0 Å². The summed E-state index contributed by atoms with van der Waals surface area (Å²) in [6.07, 6.45) is 0. The van der Waals surface area contributed by atoms with Crippen LogP contribution in [-0.2, 0) is 14.6 Å². The monoisotopic (exact) mass is 342 g/mol. The number of sulfone groups is 1. The lowest BCUT2D eigenvalue weighted by Crippen LogP contribution is -2.36. The van der Waals surface area contributed by atoms with Crippen LogP contribution in [0.25, 0.3) is 10.2 Å². The van der Waals surface area contributed by atoms with Gasteiger partial charge in [0.2, 0.25) is 5.91 Å². The first-order chi connectivity index (χ1) is 10.3. The molecule has 8 heteroatoms. The Morgan fingerprint density at radius 3 is 2.59 bits per heavy atom. The molecule has 0 saturated heterocycles. The minimum atomic E-state index is -3.49. The number of benzene rings is 1. The van der Waals surface area contributed by atoms with Gasteiger partial charge in [0, 0.05) is 0 Å². The summed E-state index contributed by atoms with van der Waals surface area (Å²) < 4.78 is 30.0. The van der Waals surface area contributed by atoms with Gasteiger partial charge in [-0.3, -0.25) is 4.79 Å². The van der Waals surface area contributed by atoms with Crippen molar-refractivity contribution in [3.05, 3.63) is 18.2 Å². The first-order valence-corrected chi connectivity index (χ1v) is 9.16. The molecule has 0 radical (unpaired) electrons. The van der Waals surface area contributed by atoms with E-state index in [2.05, 4.69) is 10.3 Å². The maximum atomic E-state index is 12.1. The van der Waals surface area contributed by atoms with Gasteiger partial charge in [-0.2, -0.15) is 0 Å². The second-order valence-corrected chi connectivity index (χ2v) is 8.98. The third kappa shape index (κ3) is 3.22. The van der Waals surface area contributed by atoms with E-state index < -0.39 is 26.2 Å². The van der Waals surface area contributed by atoms with Crippen molar-refractivity contribution in [2.75, 3.05) is 12.4 Å². The van der Waals surface area contributed by atoms with E-state index in [0.717, 1.165) is 10.2 Å². The molecule has 2 rings (SSSR count). The fraction of sp³-hybridized carbons (Fsp3) is 0.429. The number of anilines is 1. The first-order valence-electron chi connectivity index (χ1n) is 6.74. The number of methoxy groups -OCH3 is 1. The number of hydrogen-bond acceptors (Lipinski definition) is 6. The van der Waals surface area contributed by atoms with Crippen LogP contribution in [0.4, 0.5) is 5.13 Å². The van der Waals surface area contributed by atoms with E-state index in [9.17, 15) is 13.2 Å². The molecule has 120 valence electrons. The summed E-state index contributed by atoms with van der Waals surface area (Å²) in [6, 6.07) is 5.38. The molecule has 1 atom stereocenters. The zero-order valence-electron chi connectivity index (χ0n) is 12.8. The zero-order chi connectivity index (χ0) is 16.5. The zero-order valence-corrected chi connectivity index (χ0v) is 14.4. The molecule has 1 N–H and O–H groups in total. The Kier molecular flexibility index (Phi) is 4.72. The van der Waals surface area contributed by atoms with E-state index in [1.165, 1.54) is 18.3 Å². The first kappa shape index (κ1) is 16.7. The number of hydrogen-bond donors (Lipinski definition) is 1. The number of nitrogens with zero attached hydrogens (tertiary/aromatic N) is 1. The number of rotatable bonds is 5. The van der Waals surface area contributed by atoms with E-state index in [1.807, 2.05) is 6.07 Å². The van der Waals surface area contributed by atoms with Crippen LogP contribution in [0.15, 0.2) is 18.2 Å². The molecule has 0 aliphatic rings. The highest BCUT2D eigenvalue weighted by Gasteiger charge is 2.31. The average Bonchev–Trinajstić information content (AvgIpc) is 2.86. The second kappa shape index (κ2) is 6.21. The molecule has 22 heavy (non-hydrogen) atoms. The molecular weight excluding hydrogens is 324 g/mol. The smallest absolute Gasteiger partial charge is 0.244 e. The molecule has 6 nitrogen and oxygen atoms in total. The van der Waals surface area contributed by atoms with E-state index in [-0.39, 0.29) is 0 Å². The predicted molar refractivity (Wildman–Crippen MR) is 88.3 cm³/mol. The highest BCUT2D eigenvalue weighted by atomic mass is 32.2. The van der Waals surface area contributed by atoms with Crippen LogP contribution in [0.2, 0.25) is 0 Å². The lowest BCUT2D eigenvalue weighted by molar-refractivity contribution is -0.115. The summed E-state index contributed by atoms with van der Waals surface area (Å²) in [4.78, 5) is 16.4. The van der Waals surface area contributed by atoms with Crippen molar-refractivity contribution in [2.45, 2.75) is 31.3 Å². The lowest BCUT2D eigenvalue weighted by Gasteiger charge is -2.14. The van der Waals surface area contributed by atoms with E-state index in [4.69, 9.17) is 4.74 Å². The summed E-state index contributed by atoms with van der Waals surface area (Å²) in [7, 11) is -1.92. The Morgan fingerprint density at radius 2 is 2.00 bits per heavy atom. The Bertz CT molecular complexity index is 796.